The fraction of sp³-hybridized carbons (Fsp3) is 0.812. The van der Waals surface area contributed by atoms with Crippen LogP contribution >= 0.6 is 0 Å². The molecule has 0 N–H and O–H groups in total. The highest BCUT2D eigenvalue weighted by molar-refractivity contribution is 5.78. The summed E-state index contributed by atoms with van der Waals surface area (Å²) in [5.74, 6) is 2.10. The first-order valence-electron chi connectivity index (χ1n) is 8.74. The minimum absolute atomic E-state index is 0.0442. The van der Waals surface area contributed by atoms with Gasteiger partial charge in [0, 0.05) is 25.6 Å². The number of carbonyl (C=O) groups excluding carboxylic acids is 1. The maximum Gasteiger partial charge on any atom is 0.249 e. The fourth-order valence-electron chi connectivity index (χ4n) is 3.42. The van der Waals surface area contributed by atoms with E-state index in [4.69, 9.17) is 9.26 Å². The molecule has 1 amide bonds. The predicted molar refractivity (Wildman–Crippen MR) is 81.8 cm³/mol. The van der Waals surface area contributed by atoms with Crippen LogP contribution in [0.1, 0.15) is 55.8 Å². The Morgan fingerprint density at radius 1 is 1.13 bits per heavy atom. The van der Waals surface area contributed by atoms with Gasteiger partial charge in [-0.15, -0.1) is 0 Å². The van der Waals surface area contributed by atoms with Gasteiger partial charge in [0.05, 0.1) is 19.8 Å². The molecule has 3 aliphatic rings. The summed E-state index contributed by atoms with van der Waals surface area (Å²) < 4.78 is 10.8. The molecule has 3 heterocycles. The van der Waals surface area contributed by atoms with Crippen LogP contribution in [0.25, 0.3) is 0 Å². The highest BCUT2D eigenvalue weighted by atomic mass is 16.5. The van der Waals surface area contributed by atoms with E-state index in [2.05, 4.69) is 15.0 Å². The average Bonchev–Trinajstić information content (AvgIpc) is 3.33. The van der Waals surface area contributed by atoms with Gasteiger partial charge in [0.25, 0.3) is 0 Å². The van der Waals surface area contributed by atoms with Crippen LogP contribution in [0, 0.1) is 0 Å². The number of hydrogen-bond acceptors (Lipinski definition) is 6. The first kappa shape index (κ1) is 15.1. The van der Waals surface area contributed by atoms with Gasteiger partial charge in [0.2, 0.25) is 11.8 Å². The number of aromatic nitrogens is 2. The summed E-state index contributed by atoms with van der Waals surface area (Å²) in [6.45, 7) is 4.34. The number of likely N-dealkylation sites (tertiary alicyclic amines) is 1. The zero-order chi connectivity index (χ0) is 15.6. The molecule has 1 aromatic heterocycles. The van der Waals surface area contributed by atoms with E-state index in [-0.39, 0.29) is 11.9 Å². The summed E-state index contributed by atoms with van der Waals surface area (Å²) in [5, 5.41) is 4.11. The third-order valence-electron chi connectivity index (χ3n) is 4.97. The van der Waals surface area contributed by atoms with Gasteiger partial charge in [-0.2, -0.15) is 4.98 Å². The topological polar surface area (TPSA) is 71.7 Å². The number of hydrogen-bond donors (Lipinski definition) is 0. The van der Waals surface area contributed by atoms with Crippen molar-refractivity contribution >= 4 is 5.91 Å². The van der Waals surface area contributed by atoms with Crippen LogP contribution in [-0.2, 0) is 9.53 Å². The Balaban J connectivity index is 1.44. The summed E-state index contributed by atoms with van der Waals surface area (Å²) in [6, 6.07) is -0.0442. The molecule has 7 nitrogen and oxygen atoms in total. The molecule has 1 aromatic rings. The van der Waals surface area contributed by atoms with Crippen molar-refractivity contribution in [1.82, 2.24) is 19.9 Å². The predicted octanol–water partition coefficient (Wildman–Crippen LogP) is 1.33. The number of nitrogens with zero attached hydrogens (tertiary/aromatic N) is 4. The standard InChI is InChI=1S/C16H24N4O3/c21-14(11-19-7-9-22-10-8-19)20-6-2-1-3-13(20)16-17-15(18-23-16)12-4-5-12/h12-13H,1-11H2/t13-/m1/s1. The molecule has 7 heteroatoms. The fourth-order valence-corrected chi connectivity index (χ4v) is 3.42. The van der Waals surface area contributed by atoms with Crippen molar-refractivity contribution in [2.24, 2.45) is 0 Å². The van der Waals surface area contributed by atoms with Crippen molar-refractivity contribution in [3.8, 4) is 0 Å². The van der Waals surface area contributed by atoms with Crippen LogP contribution in [0.3, 0.4) is 0 Å². The lowest BCUT2D eigenvalue weighted by Gasteiger charge is -2.35. The van der Waals surface area contributed by atoms with Crippen molar-refractivity contribution in [3.05, 3.63) is 11.7 Å². The van der Waals surface area contributed by atoms with Crippen molar-refractivity contribution in [3.63, 3.8) is 0 Å². The van der Waals surface area contributed by atoms with Crippen molar-refractivity contribution < 1.29 is 14.1 Å². The molecule has 0 bridgehead atoms. The minimum Gasteiger partial charge on any atom is -0.379 e. The van der Waals surface area contributed by atoms with Crippen LogP contribution in [0.15, 0.2) is 4.52 Å². The van der Waals surface area contributed by atoms with Gasteiger partial charge in [-0.1, -0.05) is 5.16 Å². The number of carbonyl (C=O) groups is 1. The summed E-state index contributed by atoms with van der Waals surface area (Å²) in [5.41, 5.74) is 0. The Kier molecular flexibility index (Phi) is 4.31. The summed E-state index contributed by atoms with van der Waals surface area (Å²) in [7, 11) is 0. The van der Waals surface area contributed by atoms with E-state index >= 15 is 0 Å². The van der Waals surface area contributed by atoms with Crippen LogP contribution in [0.4, 0.5) is 0 Å². The highest BCUT2D eigenvalue weighted by Gasteiger charge is 2.35. The Morgan fingerprint density at radius 3 is 2.74 bits per heavy atom. The van der Waals surface area contributed by atoms with Crippen LogP contribution in [0.5, 0.6) is 0 Å². The van der Waals surface area contributed by atoms with E-state index in [0.29, 0.717) is 31.6 Å². The van der Waals surface area contributed by atoms with Crippen molar-refractivity contribution in [2.75, 3.05) is 39.4 Å². The lowest BCUT2D eigenvalue weighted by atomic mass is 10.0. The number of piperidine rings is 1. The molecular formula is C16H24N4O3. The van der Waals surface area contributed by atoms with Crippen LogP contribution in [-0.4, -0.2) is 65.2 Å². The zero-order valence-electron chi connectivity index (χ0n) is 13.4. The zero-order valence-corrected chi connectivity index (χ0v) is 13.4. The second kappa shape index (κ2) is 6.57. The summed E-state index contributed by atoms with van der Waals surface area (Å²) >= 11 is 0. The smallest absolute Gasteiger partial charge is 0.249 e. The largest absolute Gasteiger partial charge is 0.379 e. The van der Waals surface area contributed by atoms with Crippen LogP contribution in [0.2, 0.25) is 0 Å². The first-order chi connectivity index (χ1) is 11.3. The average molecular weight is 320 g/mol. The molecule has 1 aliphatic carbocycles. The van der Waals surface area contributed by atoms with Crippen LogP contribution < -0.4 is 0 Å². The lowest BCUT2D eigenvalue weighted by Crippen LogP contribution is -2.47. The van der Waals surface area contributed by atoms with E-state index in [1.807, 2.05) is 4.90 Å². The molecule has 4 rings (SSSR count). The Hall–Kier alpha value is -1.47. The molecular weight excluding hydrogens is 296 g/mol. The lowest BCUT2D eigenvalue weighted by molar-refractivity contribution is -0.138. The van der Waals surface area contributed by atoms with E-state index < -0.39 is 0 Å². The second-order valence-electron chi connectivity index (χ2n) is 6.75. The maximum atomic E-state index is 12.8. The van der Waals surface area contributed by atoms with E-state index in [9.17, 15) is 4.79 Å². The Morgan fingerprint density at radius 2 is 1.96 bits per heavy atom. The molecule has 1 atom stereocenters. The Bertz CT molecular complexity index is 551. The van der Waals surface area contributed by atoms with Gasteiger partial charge >= 0.3 is 0 Å². The molecule has 0 unspecified atom stereocenters. The molecule has 0 radical (unpaired) electrons. The first-order valence-corrected chi connectivity index (χ1v) is 8.74. The molecule has 0 aromatic carbocycles. The van der Waals surface area contributed by atoms with Gasteiger partial charge in [-0.05, 0) is 32.1 Å². The molecule has 3 fully saturated rings. The monoisotopic (exact) mass is 320 g/mol. The number of ether oxygens (including phenoxy) is 1. The Labute approximate surface area is 136 Å². The highest BCUT2D eigenvalue weighted by Crippen LogP contribution is 2.39. The normalized spacial score (nSPS) is 26.4. The van der Waals surface area contributed by atoms with Gasteiger partial charge < -0.3 is 14.2 Å². The number of rotatable bonds is 4. The third kappa shape index (κ3) is 3.40. The maximum absolute atomic E-state index is 12.8. The van der Waals surface area contributed by atoms with Crippen molar-refractivity contribution in [1.29, 1.82) is 0 Å². The SMILES string of the molecule is O=C(CN1CCOCC1)N1CCCC[C@@H]1c1nc(C2CC2)no1. The van der Waals surface area contributed by atoms with Gasteiger partial charge in [0.15, 0.2) is 5.82 Å². The molecule has 126 valence electrons. The summed E-state index contributed by atoms with van der Waals surface area (Å²) in [4.78, 5) is 21.4. The molecule has 2 aliphatic heterocycles. The van der Waals surface area contributed by atoms with E-state index in [1.165, 1.54) is 0 Å². The van der Waals surface area contributed by atoms with E-state index in [0.717, 1.165) is 57.6 Å². The molecule has 23 heavy (non-hydrogen) atoms. The molecule has 0 spiro atoms. The van der Waals surface area contributed by atoms with Gasteiger partial charge in [0.1, 0.15) is 6.04 Å². The molecule has 1 saturated carbocycles. The summed E-state index contributed by atoms with van der Waals surface area (Å²) in [6.07, 6.45) is 5.38. The van der Waals surface area contributed by atoms with Crippen molar-refractivity contribution in [2.45, 2.75) is 44.1 Å². The van der Waals surface area contributed by atoms with Gasteiger partial charge in [-0.3, -0.25) is 9.69 Å². The second-order valence-corrected chi connectivity index (χ2v) is 6.75. The molecule has 2 saturated heterocycles. The number of amides is 1. The number of morpholine rings is 1. The minimum atomic E-state index is -0.0442. The van der Waals surface area contributed by atoms with Gasteiger partial charge in [-0.25, -0.2) is 0 Å². The quantitative estimate of drug-likeness (QED) is 0.833. The van der Waals surface area contributed by atoms with E-state index in [1.54, 1.807) is 0 Å². The third-order valence-corrected chi connectivity index (χ3v) is 4.97.